The Morgan fingerprint density at radius 3 is 2.18 bits per heavy atom. The van der Waals surface area contributed by atoms with Crippen molar-refractivity contribution in [2.45, 2.75) is 11.9 Å². The fourth-order valence-electron chi connectivity index (χ4n) is 1.99. The maximum absolute atomic E-state index is 10.9. The van der Waals surface area contributed by atoms with Gasteiger partial charge < -0.3 is 0 Å². The highest BCUT2D eigenvalue weighted by Gasteiger charge is 2.72. The Morgan fingerprint density at radius 2 is 1.94 bits per heavy atom. The number of alkyl halides is 1. The van der Waals surface area contributed by atoms with Gasteiger partial charge in [0.2, 0.25) is 0 Å². The first-order valence-corrected chi connectivity index (χ1v) is 4.85. The molecule has 8 heteroatoms. The third-order valence-electron chi connectivity index (χ3n) is 3.14. The van der Waals surface area contributed by atoms with Gasteiger partial charge >= 0.3 is 5.00 Å². The molecule has 86 valence electrons. The molecule has 0 radical (unpaired) electrons. The summed E-state index contributed by atoms with van der Waals surface area (Å²) in [6, 6.07) is 4.80. The summed E-state index contributed by atoms with van der Waals surface area (Å²) in [6.07, 6.45) is 0. The van der Waals surface area contributed by atoms with Crippen LogP contribution in [-0.2, 0) is 0 Å². The summed E-state index contributed by atoms with van der Waals surface area (Å²) in [7, 11) is 0. The first-order chi connectivity index (χ1) is 7.82. The second kappa shape index (κ2) is 3.69. The van der Waals surface area contributed by atoms with Crippen molar-refractivity contribution in [3.8, 4) is 18.2 Å². The van der Waals surface area contributed by atoms with Crippen molar-refractivity contribution >= 4 is 17.3 Å². The lowest BCUT2D eigenvalue weighted by Gasteiger charge is -2.21. The highest BCUT2D eigenvalue weighted by molar-refractivity contribution is 6.36. The number of rotatable bonds is 1. The lowest BCUT2D eigenvalue weighted by Crippen LogP contribution is -2.43. The summed E-state index contributed by atoms with van der Waals surface area (Å²) in [5.41, 5.74) is -2.66. The second-order valence-corrected chi connectivity index (χ2v) is 4.30. The zero-order valence-electron chi connectivity index (χ0n) is 8.64. The molecule has 1 fully saturated rings. The van der Waals surface area contributed by atoms with E-state index < -0.39 is 32.9 Å². The molecule has 0 bridgehead atoms. The summed E-state index contributed by atoms with van der Waals surface area (Å²) in [5, 5.41) is 45.4. The first kappa shape index (κ1) is 12.9. The van der Waals surface area contributed by atoms with Gasteiger partial charge in [-0.2, -0.15) is 15.8 Å². The molecule has 1 aliphatic carbocycles. The van der Waals surface area contributed by atoms with E-state index in [0.717, 1.165) is 0 Å². The predicted molar refractivity (Wildman–Crippen MR) is 55.2 cm³/mol. The van der Waals surface area contributed by atoms with Crippen molar-refractivity contribution in [3.63, 3.8) is 0 Å². The van der Waals surface area contributed by atoms with Gasteiger partial charge in [-0.25, -0.2) is 0 Å². The van der Waals surface area contributed by atoms with E-state index in [0.29, 0.717) is 0 Å². The monoisotopic (exact) mass is 251 g/mol. The van der Waals surface area contributed by atoms with Crippen molar-refractivity contribution in [2.75, 3.05) is 0 Å². The molecular weight excluding hydrogens is 246 g/mol. The van der Waals surface area contributed by atoms with Crippen molar-refractivity contribution < 1.29 is 4.92 Å². The smallest absolute Gasteiger partial charge is 0.300 e. The molecule has 1 N–H and O–H groups in total. The largest absolute Gasteiger partial charge is 0.338 e. The molecule has 0 aliphatic heterocycles. The van der Waals surface area contributed by atoms with Gasteiger partial charge in [0.1, 0.15) is 11.6 Å². The molecule has 0 aromatic rings. The molecule has 7 nitrogen and oxygen atoms in total. The Morgan fingerprint density at radius 1 is 1.47 bits per heavy atom. The lowest BCUT2D eigenvalue weighted by atomic mass is 9.75. The van der Waals surface area contributed by atoms with E-state index in [4.69, 9.17) is 32.8 Å². The predicted octanol–water partition coefficient (Wildman–Crippen LogP) is 1.04. The molecule has 0 aromatic carbocycles. The Hall–Kier alpha value is -2.17. The van der Waals surface area contributed by atoms with E-state index >= 15 is 0 Å². The van der Waals surface area contributed by atoms with Crippen LogP contribution >= 0.6 is 11.6 Å². The van der Waals surface area contributed by atoms with E-state index in [-0.39, 0.29) is 0 Å². The first-order valence-electron chi connectivity index (χ1n) is 4.47. The zero-order valence-corrected chi connectivity index (χ0v) is 9.39. The van der Waals surface area contributed by atoms with Crippen LogP contribution in [0.25, 0.3) is 0 Å². The highest BCUT2D eigenvalue weighted by atomic mass is 35.5. The fourth-order valence-corrected chi connectivity index (χ4v) is 2.27. The molecule has 3 atom stereocenters. The normalized spacial score (nSPS) is 34.4. The van der Waals surface area contributed by atoms with Crippen LogP contribution in [-0.4, -0.2) is 15.6 Å². The third kappa shape index (κ3) is 1.22. The van der Waals surface area contributed by atoms with Crippen molar-refractivity contribution in [1.82, 2.24) is 0 Å². The van der Waals surface area contributed by atoms with Crippen LogP contribution in [0.5, 0.6) is 0 Å². The number of nitriles is 3. The third-order valence-corrected chi connectivity index (χ3v) is 3.81. The SMILES string of the molecule is C[C@H]1C(C#N)(C#N)[C@@H](C#N)C(=N)[C@@]1(Cl)[N+](=O)[O-]. The molecule has 17 heavy (non-hydrogen) atoms. The van der Waals surface area contributed by atoms with Gasteiger partial charge in [-0.15, -0.1) is 0 Å². The molecule has 0 aromatic heterocycles. The van der Waals surface area contributed by atoms with Gasteiger partial charge in [0.25, 0.3) is 0 Å². The summed E-state index contributed by atoms with van der Waals surface area (Å²) in [5.74, 6) is -2.74. The zero-order chi connectivity index (χ0) is 13.4. The highest BCUT2D eigenvalue weighted by Crippen LogP contribution is 2.53. The second-order valence-electron chi connectivity index (χ2n) is 3.72. The van der Waals surface area contributed by atoms with E-state index in [2.05, 4.69) is 0 Å². The molecule has 0 unspecified atom stereocenters. The fraction of sp³-hybridized carbons (Fsp3) is 0.556. The van der Waals surface area contributed by atoms with Crippen LogP contribution in [0.1, 0.15) is 6.92 Å². The number of nitrogens with one attached hydrogen (secondary N) is 1. The summed E-state index contributed by atoms with van der Waals surface area (Å²) < 4.78 is 0. The maximum Gasteiger partial charge on any atom is 0.338 e. The molecule has 0 saturated heterocycles. The van der Waals surface area contributed by atoms with Gasteiger partial charge in [-0.05, 0) is 11.6 Å². The topological polar surface area (TPSA) is 138 Å². The van der Waals surface area contributed by atoms with Gasteiger partial charge in [-0.3, -0.25) is 15.5 Å². The van der Waals surface area contributed by atoms with Gasteiger partial charge in [0.15, 0.2) is 5.41 Å². The summed E-state index contributed by atoms with van der Waals surface area (Å²) in [4.78, 5) is 7.63. The van der Waals surface area contributed by atoms with Crippen LogP contribution in [0.2, 0.25) is 0 Å². The number of hydrogen-bond acceptors (Lipinski definition) is 6. The Balaban J connectivity index is 3.59. The molecule has 1 aliphatic rings. The standard InChI is InChI=1S/C9H6ClN5O2/c1-5-8(3-12,4-13)6(2-11)7(14)9(5,10)15(16)17/h5-6,14H,1H3/t5-,6-,9-/m0/s1. The Bertz CT molecular complexity index is 511. The number of hydrogen-bond donors (Lipinski definition) is 1. The summed E-state index contributed by atoms with van der Waals surface area (Å²) >= 11 is 5.74. The van der Waals surface area contributed by atoms with Crippen LogP contribution in [0.3, 0.4) is 0 Å². The minimum atomic E-state index is -2.37. The van der Waals surface area contributed by atoms with Crippen molar-refractivity contribution in [3.05, 3.63) is 10.1 Å². The molecular formula is C9H6ClN5O2. The molecule has 1 rings (SSSR count). The van der Waals surface area contributed by atoms with Crippen molar-refractivity contribution in [1.29, 1.82) is 21.2 Å². The molecule has 0 spiro atoms. The Labute approximate surface area is 101 Å². The minimum absolute atomic E-state index is 0.706. The van der Waals surface area contributed by atoms with Crippen LogP contribution in [0, 0.1) is 66.8 Å². The van der Waals surface area contributed by atoms with Crippen LogP contribution in [0.4, 0.5) is 0 Å². The lowest BCUT2D eigenvalue weighted by molar-refractivity contribution is -0.529. The van der Waals surface area contributed by atoms with Crippen LogP contribution < -0.4 is 0 Å². The van der Waals surface area contributed by atoms with Gasteiger partial charge in [0.05, 0.1) is 24.1 Å². The average molecular weight is 252 g/mol. The molecule has 0 heterocycles. The van der Waals surface area contributed by atoms with E-state index in [1.165, 1.54) is 6.92 Å². The number of nitro groups is 1. The minimum Gasteiger partial charge on any atom is -0.300 e. The van der Waals surface area contributed by atoms with E-state index in [1.807, 2.05) is 0 Å². The average Bonchev–Trinajstić information content (AvgIpc) is 2.48. The Kier molecular flexibility index (Phi) is 2.80. The van der Waals surface area contributed by atoms with E-state index in [1.54, 1.807) is 18.2 Å². The summed E-state index contributed by atoms with van der Waals surface area (Å²) in [6.45, 7) is 1.23. The number of halogens is 1. The van der Waals surface area contributed by atoms with Gasteiger partial charge in [0, 0.05) is 4.92 Å². The number of nitrogens with zero attached hydrogens (tertiary/aromatic N) is 4. The van der Waals surface area contributed by atoms with Crippen LogP contribution in [0.15, 0.2) is 0 Å². The van der Waals surface area contributed by atoms with Gasteiger partial charge in [-0.1, -0.05) is 6.92 Å². The van der Waals surface area contributed by atoms with Crippen molar-refractivity contribution in [2.24, 2.45) is 17.3 Å². The molecule has 1 saturated carbocycles. The quantitative estimate of drug-likeness (QED) is 0.321. The maximum atomic E-state index is 10.9. The molecule has 0 amide bonds. The van der Waals surface area contributed by atoms with E-state index in [9.17, 15) is 10.1 Å².